The molecule has 1 fully saturated rings. The summed E-state index contributed by atoms with van der Waals surface area (Å²) in [5.74, 6) is -1.52. The van der Waals surface area contributed by atoms with Gasteiger partial charge in [-0.15, -0.1) is 0 Å². The first-order chi connectivity index (χ1) is 8.87. The number of benzene rings is 1. The molecule has 0 spiro atoms. The monoisotopic (exact) mass is 287 g/mol. The zero-order valence-electron chi connectivity index (χ0n) is 10.2. The van der Waals surface area contributed by atoms with Crippen LogP contribution in [0.2, 0.25) is 0 Å². The number of sulfone groups is 1. The van der Waals surface area contributed by atoms with E-state index in [9.17, 15) is 17.6 Å². The molecule has 1 aliphatic heterocycles. The van der Waals surface area contributed by atoms with Crippen molar-refractivity contribution in [3.05, 3.63) is 29.6 Å². The molecule has 1 aromatic carbocycles. The lowest BCUT2D eigenvalue weighted by Gasteiger charge is -2.29. The minimum atomic E-state index is -2.97. The van der Waals surface area contributed by atoms with Gasteiger partial charge < -0.3 is 10.0 Å². The molecule has 0 aromatic heterocycles. The molecule has 0 saturated carbocycles. The summed E-state index contributed by atoms with van der Waals surface area (Å²) in [7, 11) is -2.97. The lowest BCUT2D eigenvalue weighted by Crippen LogP contribution is -2.40. The van der Waals surface area contributed by atoms with Crippen LogP contribution in [0.3, 0.4) is 0 Å². The number of hydrogen-bond donors (Lipinski definition) is 1. The lowest BCUT2D eigenvalue weighted by atomic mass is 10.1. The largest absolute Gasteiger partial charge is 0.481 e. The van der Waals surface area contributed by atoms with Crippen molar-refractivity contribution in [2.24, 2.45) is 0 Å². The minimum absolute atomic E-state index is 0.0681. The Balaban J connectivity index is 2.19. The van der Waals surface area contributed by atoms with Crippen LogP contribution in [0.25, 0.3) is 0 Å². The summed E-state index contributed by atoms with van der Waals surface area (Å²) < 4.78 is 36.1. The van der Waals surface area contributed by atoms with E-state index in [1.165, 1.54) is 12.1 Å². The van der Waals surface area contributed by atoms with Crippen LogP contribution in [0.5, 0.6) is 0 Å². The van der Waals surface area contributed by atoms with Crippen molar-refractivity contribution >= 4 is 21.5 Å². The van der Waals surface area contributed by atoms with Gasteiger partial charge in [0, 0.05) is 24.3 Å². The minimum Gasteiger partial charge on any atom is -0.481 e. The van der Waals surface area contributed by atoms with Gasteiger partial charge in [0.1, 0.15) is 5.82 Å². The first-order valence-corrected chi connectivity index (χ1v) is 7.65. The highest BCUT2D eigenvalue weighted by Crippen LogP contribution is 2.21. The van der Waals surface area contributed by atoms with Crippen molar-refractivity contribution < 1.29 is 22.7 Å². The molecule has 1 aliphatic rings. The van der Waals surface area contributed by atoms with Gasteiger partial charge in [-0.1, -0.05) is 0 Å². The number of halogens is 1. The molecule has 0 radical (unpaired) electrons. The summed E-state index contributed by atoms with van der Waals surface area (Å²) in [4.78, 5) is 12.5. The Bertz CT molecular complexity index is 586. The van der Waals surface area contributed by atoms with Crippen LogP contribution >= 0.6 is 0 Å². The highest BCUT2D eigenvalue weighted by molar-refractivity contribution is 7.91. The van der Waals surface area contributed by atoms with Crippen LogP contribution in [0.15, 0.2) is 18.2 Å². The fourth-order valence-electron chi connectivity index (χ4n) is 2.03. The molecule has 0 atom stereocenters. The molecule has 0 bridgehead atoms. The Hall–Kier alpha value is -1.63. The Morgan fingerprint density at radius 2 is 1.95 bits per heavy atom. The Kier molecular flexibility index (Phi) is 3.75. The smallest absolute Gasteiger partial charge is 0.307 e. The second-order valence-corrected chi connectivity index (χ2v) is 6.79. The van der Waals surface area contributed by atoms with Crippen LogP contribution in [-0.2, 0) is 21.1 Å². The van der Waals surface area contributed by atoms with E-state index >= 15 is 0 Å². The molecule has 1 heterocycles. The molecule has 19 heavy (non-hydrogen) atoms. The van der Waals surface area contributed by atoms with Gasteiger partial charge in [0.25, 0.3) is 0 Å². The van der Waals surface area contributed by atoms with Crippen molar-refractivity contribution in [3.63, 3.8) is 0 Å². The molecule has 1 N–H and O–H groups in total. The standard InChI is InChI=1S/C12H14FNO4S/c13-11-2-1-10(7-9(11)8-12(15)16)14-3-5-19(17,18)6-4-14/h1-2,7H,3-6,8H2,(H,15,16). The number of carbonyl (C=O) groups is 1. The van der Waals surface area contributed by atoms with E-state index < -0.39 is 21.6 Å². The molecule has 2 rings (SSSR count). The maximum Gasteiger partial charge on any atom is 0.307 e. The molecule has 0 unspecified atom stereocenters. The van der Waals surface area contributed by atoms with Gasteiger partial charge in [-0.05, 0) is 18.2 Å². The molecule has 7 heteroatoms. The number of hydrogen-bond acceptors (Lipinski definition) is 4. The third-order valence-corrected chi connectivity index (χ3v) is 4.69. The molecular formula is C12H14FNO4S. The molecule has 104 valence electrons. The Labute approximate surface area is 110 Å². The Morgan fingerprint density at radius 3 is 2.53 bits per heavy atom. The number of anilines is 1. The van der Waals surface area contributed by atoms with E-state index in [-0.39, 0.29) is 23.5 Å². The van der Waals surface area contributed by atoms with Crippen LogP contribution in [-0.4, -0.2) is 44.1 Å². The number of carboxylic acids is 1. The average molecular weight is 287 g/mol. The van der Waals surface area contributed by atoms with Crippen molar-refractivity contribution in [3.8, 4) is 0 Å². The molecule has 1 saturated heterocycles. The molecular weight excluding hydrogens is 273 g/mol. The SMILES string of the molecule is O=C(O)Cc1cc(N2CCS(=O)(=O)CC2)ccc1F. The topological polar surface area (TPSA) is 74.7 Å². The van der Waals surface area contributed by atoms with E-state index in [4.69, 9.17) is 5.11 Å². The lowest BCUT2D eigenvalue weighted by molar-refractivity contribution is -0.136. The summed E-state index contributed by atoms with van der Waals surface area (Å²) >= 11 is 0. The molecule has 0 amide bonds. The summed E-state index contributed by atoms with van der Waals surface area (Å²) in [5.41, 5.74) is 0.769. The fourth-order valence-corrected chi connectivity index (χ4v) is 3.23. The van der Waals surface area contributed by atoms with Gasteiger partial charge in [-0.25, -0.2) is 12.8 Å². The van der Waals surface area contributed by atoms with Gasteiger partial charge in [0.05, 0.1) is 17.9 Å². The van der Waals surface area contributed by atoms with Crippen LogP contribution in [0.1, 0.15) is 5.56 Å². The van der Waals surface area contributed by atoms with Gasteiger partial charge in [-0.3, -0.25) is 4.79 Å². The maximum absolute atomic E-state index is 13.4. The molecule has 5 nitrogen and oxygen atoms in total. The summed E-state index contributed by atoms with van der Waals surface area (Å²) in [6, 6.07) is 4.23. The van der Waals surface area contributed by atoms with Crippen LogP contribution in [0, 0.1) is 5.82 Å². The van der Waals surface area contributed by atoms with Gasteiger partial charge in [0.15, 0.2) is 9.84 Å². The normalized spacial score (nSPS) is 18.3. The average Bonchev–Trinajstić information content (AvgIpc) is 2.32. The zero-order chi connectivity index (χ0) is 14.0. The predicted molar refractivity (Wildman–Crippen MR) is 68.6 cm³/mol. The van der Waals surface area contributed by atoms with E-state index in [0.29, 0.717) is 18.8 Å². The fraction of sp³-hybridized carbons (Fsp3) is 0.417. The van der Waals surface area contributed by atoms with E-state index in [1.54, 1.807) is 6.07 Å². The second kappa shape index (κ2) is 5.16. The molecule has 0 aliphatic carbocycles. The quantitative estimate of drug-likeness (QED) is 0.885. The first-order valence-electron chi connectivity index (χ1n) is 5.83. The maximum atomic E-state index is 13.4. The summed E-state index contributed by atoms with van der Waals surface area (Å²) in [5, 5.41) is 8.70. The number of carboxylic acid groups (broad SMARTS) is 1. The predicted octanol–water partition coefficient (Wildman–Crippen LogP) is 0.688. The molecule has 1 aromatic rings. The van der Waals surface area contributed by atoms with E-state index in [2.05, 4.69) is 0 Å². The van der Waals surface area contributed by atoms with Crippen molar-refractivity contribution in [1.82, 2.24) is 0 Å². The van der Waals surface area contributed by atoms with Crippen LogP contribution < -0.4 is 4.90 Å². The number of rotatable bonds is 3. The summed E-state index contributed by atoms with van der Waals surface area (Å²) in [6.45, 7) is 0.695. The van der Waals surface area contributed by atoms with Gasteiger partial charge >= 0.3 is 5.97 Å². The van der Waals surface area contributed by atoms with E-state index in [0.717, 1.165) is 0 Å². The summed E-state index contributed by atoms with van der Waals surface area (Å²) in [6.07, 6.45) is -0.383. The number of aliphatic carboxylic acids is 1. The number of nitrogens with zero attached hydrogens (tertiary/aromatic N) is 1. The van der Waals surface area contributed by atoms with Crippen molar-refractivity contribution in [2.45, 2.75) is 6.42 Å². The van der Waals surface area contributed by atoms with Gasteiger partial charge in [-0.2, -0.15) is 0 Å². The third-order valence-electron chi connectivity index (χ3n) is 3.08. The van der Waals surface area contributed by atoms with Crippen molar-refractivity contribution in [1.29, 1.82) is 0 Å². The zero-order valence-corrected chi connectivity index (χ0v) is 11.0. The van der Waals surface area contributed by atoms with Crippen molar-refractivity contribution in [2.75, 3.05) is 29.5 Å². The third kappa shape index (κ3) is 3.44. The highest BCUT2D eigenvalue weighted by Gasteiger charge is 2.22. The first kappa shape index (κ1) is 13.8. The second-order valence-electron chi connectivity index (χ2n) is 4.49. The highest BCUT2D eigenvalue weighted by atomic mass is 32.2. The van der Waals surface area contributed by atoms with E-state index in [1.807, 2.05) is 4.90 Å². The Morgan fingerprint density at radius 1 is 1.32 bits per heavy atom. The van der Waals surface area contributed by atoms with Gasteiger partial charge in [0.2, 0.25) is 0 Å². The van der Waals surface area contributed by atoms with Crippen LogP contribution in [0.4, 0.5) is 10.1 Å².